The van der Waals surface area contributed by atoms with E-state index in [0.29, 0.717) is 18.0 Å². The van der Waals surface area contributed by atoms with Crippen molar-refractivity contribution < 1.29 is 9.47 Å². The maximum atomic E-state index is 5.52. The van der Waals surface area contributed by atoms with E-state index in [9.17, 15) is 0 Å². The molecule has 0 bridgehead atoms. The first-order chi connectivity index (χ1) is 17.0. The highest BCUT2D eigenvalue weighted by Gasteiger charge is 2.16. The zero-order valence-corrected chi connectivity index (χ0v) is 20.3. The van der Waals surface area contributed by atoms with Crippen LogP contribution in [0.1, 0.15) is 6.92 Å². The molecule has 0 saturated heterocycles. The van der Waals surface area contributed by atoms with Gasteiger partial charge in [-0.25, -0.2) is 4.98 Å². The Kier molecular flexibility index (Phi) is 7.21. The number of aliphatic imine (C=N–C) groups is 1. The number of aryl methyl sites for hydroxylation is 1. The Bertz CT molecular complexity index is 1380. The maximum absolute atomic E-state index is 5.52. The lowest BCUT2D eigenvalue weighted by Crippen LogP contribution is -2.20. The van der Waals surface area contributed by atoms with Gasteiger partial charge < -0.3 is 14.4 Å². The molecule has 0 fully saturated rings. The van der Waals surface area contributed by atoms with Crippen molar-refractivity contribution in [1.29, 1.82) is 0 Å². The number of benzene rings is 2. The van der Waals surface area contributed by atoms with Crippen molar-refractivity contribution in [3.05, 3.63) is 79.4 Å². The number of hydrogen-bond donors (Lipinski definition) is 0. The smallest absolute Gasteiger partial charge is 0.124 e. The third-order valence-electron chi connectivity index (χ3n) is 5.49. The van der Waals surface area contributed by atoms with Crippen LogP contribution in [0.25, 0.3) is 22.3 Å². The SMILES string of the molecule is C=CC=N/C(=C\C)CN(c1cc(OC)cc(OC)c1)c1ccc2ncc(-c3cnn(C)c3)nc2c1. The summed E-state index contributed by atoms with van der Waals surface area (Å²) in [6, 6.07) is 11.8. The minimum absolute atomic E-state index is 0.512. The van der Waals surface area contributed by atoms with Crippen LogP contribution < -0.4 is 14.4 Å². The molecule has 0 unspecified atom stereocenters. The molecule has 0 aliphatic carbocycles. The lowest BCUT2D eigenvalue weighted by Gasteiger charge is -2.26. The minimum atomic E-state index is 0.512. The van der Waals surface area contributed by atoms with Gasteiger partial charge in [0.05, 0.1) is 55.6 Å². The first-order valence-corrected chi connectivity index (χ1v) is 11.1. The van der Waals surface area contributed by atoms with E-state index in [2.05, 4.69) is 26.6 Å². The van der Waals surface area contributed by atoms with Gasteiger partial charge in [-0.1, -0.05) is 18.7 Å². The van der Waals surface area contributed by atoms with E-state index >= 15 is 0 Å². The summed E-state index contributed by atoms with van der Waals surface area (Å²) in [5.41, 5.74) is 5.96. The van der Waals surface area contributed by atoms with E-state index in [1.807, 2.05) is 62.6 Å². The Morgan fingerprint density at radius 3 is 2.46 bits per heavy atom. The Morgan fingerprint density at radius 2 is 1.83 bits per heavy atom. The fourth-order valence-electron chi connectivity index (χ4n) is 3.66. The third kappa shape index (κ3) is 5.38. The third-order valence-corrected chi connectivity index (χ3v) is 5.49. The highest BCUT2D eigenvalue weighted by Crippen LogP contribution is 2.34. The van der Waals surface area contributed by atoms with E-state index in [0.717, 1.165) is 39.4 Å². The van der Waals surface area contributed by atoms with E-state index in [1.54, 1.807) is 43.6 Å². The molecule has 4 aromatic rings. The predicted molar refractivity (Wildman–Crippen MR) is 141 cm³/mol. The largest absolute Gasteiger partial charge is 0.497 e. The number of fused-ring (bicyclic) bond motifs is 1. The molecule has 0 N–H and O–H groups in total. The zero-order chi connectivity index (χ0) is 24.8. The van der Waals surface area contributed by atoms with Gasteiger partial charge in [0.25, 0.3) is 0 Å². The minimum Gasteiger partial charge on any atom is -0.497 e. The number of ether oxygens (including phenoxy) is 2. The normalized spacial score (nSPS) is 11.7. The monoisotopic (exact) mass is 468 g/mol. The second-order valence-electron chi connectivity index (χ2n) is 7.78. The van der Waals surface area contributed by atoms with Gasteiger partial charge in [0, 0.05) is 54.6 Å². The van der Waals surface area contributed by atoms with Crippen LogP contribution in [0.5, 0.6) is 11.5 Å². The molecule has 0 aliphatic rings. The second kappa shape index (κ2) is 10.6. The van der Waals surface area contributed by atoms with Gasteiger partial charge in [-0.15, -0.1) is 0 Å². The highest BCUT2D eigenvalue weighted by atomic mass is 16.5. The van der Waals surface area contributed by atoms with Crippen LogP contribution in [0.4, 0.5) is 11.4 Å². The van der Waals surface area contributed by atoms with Crippen LogP contribution in [0.2, 0.25) is 0 Å². The molecule has 2 heterocycles. The van der Waals surface area contributed by atoms with Crippen molar-refractivity contribution in [2.24, 2.45) is 12.0 Å². The van der Waals surface area contributed by atoms with Gasteiger partial charge in [0.2, 0.25) is 0 Å². The summed E-state index contributed by atoms with van der Waals surface area (Å²) < 4.78 is 12.8. The van der Waals surface area contributed by atoms with Crippen LogP contribution in [0.3, 0.4) is 0 Å². The number of methoxy groups -OCH3 is 2. The average molecular weight is 469 g/mol. The van der Waals surface area contributed by atoms with Crippen molar-refractivity contribution in [2.45, 2.75) is 6.92 Å². The molecule has 4 rings (SSSR count). The summed E-state index contributed by atoms with van der Waals surface area (Å²) in [6.07, 6.45) is 10.8. The van der Waals surface area contributed by atoms with Crippen LogP contribution >= 0.6 is 0 Å². The van der Waals surface area contributed by atoms with Crippen molar-refractivity contribution in [2.75, 3.05) is 25.7 Å². The van der Waals surface area contributed by atoms with E-state index in [-0.39, 0.29) is 0 Å². The lowest BCUT2D eigenvalue weighted by molar-refractivity contribution is 0.394. The van der Waals surface area contributed by atoms with Gasteiger partial charge in [-0.3, -0.25) is 14.7 Å². The number of hydrogen-bond acceptors (Lipinski definition) is 7. The summed E-state index contributed by atoms with van der Waals surface area (Å²) in [5.74, 6) is 1.39. The Morgan fingerprint density at radius 1 is 1.06 bits per heavy atom. The number of aromatic nitrogens is 4. The van der Waals surface area contributed by atoms with Crippen LogP contribution in [0, 0.1) is 0 Å². The Balaban J connectivity index is 1.83. The van der Waals surface area contributed by atoms with E-state index < -0.39 is 0 Å². The average Bonchev–Trinajstić information content (AvgIpc) is 3.34. The van der Waals surface area contributed by atoms with Gasteiger partial charge >= 0.3 is 0 Å². The first kappa shape index (κ1) is 23.7. The highest BCUT2D eigenvalue weighted by molar-refractivity contribution is 5.83. The van der Waals surface area contributed by atoms with Crippen LogP contribution in [-0.2, 0) is 7.05 Å². The molecule has 8 nitrogen and oxygen atoms in total. The molecule has 0 aliphatic heterocycles. The molecular formula is C27H28N6O2. The van der Waals surface area contributed by atoms with Gasteiger partial charge in [-0.2, -0.15) is 5.10 Å². The molecule has 2 aromatic carbocycles. The summed E-state index contributed by atoms with van der Waals surface area (Å²) in [5, 5.41) is 4.25. The summed E-state index contributed by atoms with van der Waals surface area (Å²) >= 11 is 0. The summed E-state index contributed by atoms with van der Waals surface area (Å²) in [7, 11) is 5.16. The van der Waals surface area contributed by atoms with E-state index in [1.165, 1.54) is 0 Å². The van der Waals surface area contributed by atoms with Crippen molar-refractivity contribution in [3.63, 3.8) is 0 Å². The number of anilines is 2. The molecule has 35 heavy (non-hydrogen) atoms. The van der Waals surface area contributed by atoms with Crippen LogP contribution in [0.15, 0.2) is 84.4 Å². The Labute approximate surface area is 204 Å². The fourth-order valence-corrected chi connectivity index (χ4v) is 3.66. The number of nitrogens with zero attached hydrogens (tertiary/aromatic N) is 6. The maximum Gasteiger partial charge on any atom is 0.124 e. The summed E-state index contributed by atoms with van der Waals surface area (Å²) in [4.78, 5) is 16.1. The Hall–Kier alpha value is -4.46. The number of rotatable bonds is 9. The molecule has 2 aromatic heterocycles. The molecule has 0 spiro atoms. The molecule has 8 heteroatoms. The molecule has 178 valence electrons. The molecular weight excluding hydrogens is 440 g/mol. The van der Waals surface area contributed by atoms with Gasteiger partial charge in [-0.05, 0) is 25.1 Å². The molecule has 0 radical (unpaired) electrons. The van der Waals surface area contributed by atoms with Gasteiger partial charge in [0.15, 0.2) is 0 Å². The van der Waals surface area contributed by atoms with Crippen molar-refractivity contribution in [3.8, 4) is 22.8 Å². The predicted octanol–water partition coefficient (Wildman–Crippen LogP) is 5.35. The topological polar surface area (TPSA) is 77.7 Å². The standard InChI is InChI=1S/C27H28N6O2/c1-6-10-28-20(7-2)18-33(22-11-23(34-4)14-24(12-22)35-5)21-8-9-25-26(13-21)31-27(16-29-25)19-15-30-32(3)17-19/h6-17H,1,18H2,2-5H3/b20-7-,28-10?. The second-order valence-corrected chi connectivity index (χ2v) is 7.78. The van der Waals surface area contributed by atoms with Crippen molar-refractivity contribution >= 4 is 28.6 Å². The van der Waals surface area contributed by atoms with E-state index in [4.69, 9.17) is 14.5 Å². The van der Waals surface area contributed by atoms with Crippen molar-refractivity contribution in [1.82, 2.24) is 19.7 Å². The van der Waals surface area contributed by atoms with Crippen LogP contribution in [-0.4, -0.2) is 46.7 Å². The zero-order valence-electron chi connectivity index (χ0n) is 20.3. The lowest BCUT2D eigenvalue weighted by atomic mass is 10.1. The molecule has 0 atom stereocenters. The van der Waals surface area contributed by atoms with Gasteiger partial charge in [0.1, 0.15) is 11.5 Å². The quantitative estimate of drug-likeness (QED) is 0.308. The summed E-state index contributed by atoms with van der Waals surface area (Å²) in [6.45, 7) is 6.21. The molecule has 0 saturated carbocycles. The first-order valence-electron chi connectivity index (χ1n) is 11.1. The molecule has 0 amide bonds. The fraction of sp³-hybridized carbons (Fsp3) is 0.185. The number of allylic oxidation sites excluding steroid dienone is 2.